The van der Waals surface area contributed by atoms with Gasteiger partial charge < -0.3 is 9.63 Å². The molecule has 2 aromatic rings. The number of hydrogen-bond donors (Lipinski definition) is 1. The second-order valence-electron chi connectivity index (χ2n) is 2.77. The first kappa shape index (κ1) is 10.7. The van der Waals surface area contributed by atoms with Gasteiger partial charge in [0, 0.05) is 16.3 Å². The highest BCUT2D eigenvalue weighted by Gasteiger charge is 2.21. The minimum Gasteiger partial charge on any atom is -0.475 e. The van der Waals surface area contributed by atoms with Gasteiger partial charge in [-0.1, -0.05) is 0 Å². The molecule has 0 aromatic carbocycles. The minimum atomic E-state index is -2.67. The van der Waals surface area contributed by atoms with Gasteiger partial charge in [-0.15, -0.1) is 0 Å². The van der Waals surface area contributed by atoms with Gasteiger partial charge in [-0.25, -0.2) is 13.6 Å². The molecule has 5 nitrogen and oxygen atoms in total. The average molecular weight is 246 g/mol. The number of carboxylic acid groups (broad SMARTS) is 1. The van der Waals surface area contributed by atoms with Crippen LogP contribution in [0.25, 0.3) is 11.5 Å². The first-order chi connectivity index (χ1) is 7.59. The molecule has 0 aliphatic rings. The van der Waals surface area contributed by atoms with E-state index in [1.54, 1.807) is 0 Å². The molecule has 0 amide bonds. The molecule has 0 aliphatic carbocycles. The number of alkyl halides is 2. The Morgan fingerprint density at radius 3 is 2.81 bits per heavy atom. The summed E-state index contributed by atoms with van der Waals surface area (Å²) in [6.07, 6.45) is -2.67. The molecule has 0 bridgehead atoms. The van der Waals surface area contributed by atoms with Gasteiger partial charge in [-0.05, 0) is 5.16 Å². The van der Waals surface area contributed by atoms with Crippen LogP contribution in [-0.4, -0.2) is 21.2 Å². The molecule has 1 N–H and O–H groups in total. The monoisotopic (exact) mass is 246 g/mol. The number of carboxylic acids is 1. The quantitative estimate of drug-likeness (QED) is 0.899. The summed E-state index contributed by atoms with van der Waals surface area (Å²) in [6, 6.07) is 0. The third kappa shape index (κ3) is 1.78. The van der Waals surface area contributed by atoms with E-state index in [-0.39, 0.29) is 17.0 Å². The van der Waals surface area contributed by atoms with Crippen LogP contribution < -0.4 is 0 Å². The molecule has 0 atom stereocenters. The number of nitrogens with zero attached hydrogens (tertiary/aromatic N) is 2. The highest BCUT2D eigenvalue weighted by molar-refractivity contribution is 7.08. The lowest BCUT2D eigenvalue weighted by atomic mass is 10.2. The molecule has 2 rings (SSSR count). The SMILES string of the molecule is O=C(O)c1noc(-c2cscc2C(F)F)n1. The summed E-state index contributed by atoms with van der Waals surface area (Å²) in [5.74, 6) is -2.14. The smallest absolute Gasteiger partial charge is 0.377 e. The molecule has 16 heavy (non-hydrogen) atoms. The lowest BCUT2D eigenvalue weighted by Crippen LogP contribution is -1.98. The van der Waals surface area contributed by atoms with Crippen molar-refractivity contribution < 1.29 is 23.2 Å². The Morgan fingerprint density at radius 1 is 1.50 bits per heavy atom. The zero-order valence-corrected chi connectivity index (χ0v) is 8.37. The lowest BCUT2D eigenvalue weighted by molar-refractivity contribution is 0.0680. The maximum absolute atomic E-state index is 12.5. The van der Waals surface area contributed by atoms with Crippen molar-refractivity contribution in [3.05, 3.63) is 22.1 Å². The summed E-state index contributed by atoms with van der Waals surface area (Å²) in [4.78, 5) is 14.0. The van der Waals surface area contributed by atoms with E-state index in [1.165, 1.54) is 10.8 Å². The van der Waals surface area contributed by atoms with Gasteiger partial charge in [-0.3, -0.25) is 0 Å². The fourth-order valence-corrected chi connectivity index (χ4v) is 1.89. The Kier molecular flexibility index (Phi) is 2.65. The molecule has 0 aliphatic heterocycles. The molecule has 0 spiro atoms. The summed E-state index contributed by atoms with van der Waals surface area (Å²) in [7, 11) is 0. The molecule has 2 aromatic heterocycles. The number of aromatic nitrogens is 2. The summed E-state index contributed by atoms with van der Waals surface area (Å²) in [5.41, 5.74) is -0.175. The fraction of sp³-hybridized carbons (Fsp3) is 0.125. The Hall–Kier alpha value is -1.83. The summed E-state index contributed by atoms with van der Waals surface area (Å²) < 4.78 is 29.6. The van der Waals surface area contributed by atoms with Crippen LogP contribution >= 0.6 is 11.3 Å². The van der Waals surface area contributed by atoms with Gasteiger partial charge in [-0.2, -0.15) is 16.3 Å². The van der Waals surface area contributed by atoms with Gasteiger partial charge in [0.2, 0.25) is 0 Å². The van der Waals surface area contributed by atoms with E-state index >= 15 is 0 Å². The zero-order chi connectivity index (χ0) is 11.7. The van der Waals surface area contributed by atoms with Gasteiger partial charge in [0.1, 0.15) is 0 Å². The maximum atomic E-state index is 12.5. The highest BCUT2D eigenvalue weighted by atomic mass is 32.1. The third-order valence-corrected chi connectivity index (χ3v) is 2.54. The molecule has 8 heteroatoms. The van der Waals surface area contributed by atoms with Crippen LogP contribution in [0.5, 0.6) is 0 Å². The van der Waals surface area contributed by atoms with Crippen LogP contribution in [0, 0.1) is 0 Å². The van der Waals surface area contributed by atoms with E-state index < -0.39 is 18.2 Å². The van der Waals surface area contributed by atoms with Gasteiger partial charge in [0.25, 0.3) is 18.1 Å². The van der Waals surface area contributed by atoms with Crippen molar-refractivity contribution in [3.63, 3.8) is 0 Å². The van der Waals surface area contributed by atoms with Gasteiger partial charge in [0.05, 0.1) is 5.56 Å². The molecule has 0 radical (unpaired) electrons. The van der Waals surface area contributed by atoms with Crippen LogP contribution in [0.15, 0.2) is 15.3 Å². The number of rotatable bonds is 3. The van der Waals surface area contributed by atoms with E-state index in [0.717, 1.165) is 11.3 Å². The Morgan fingerprint density at radius 2 is 2.25 bits per heavy atom. The number of carbonyl (C=O) groups is 1. The molecule has 84 valence electrons. The van der Waals surface area contributed by atoms with Crippen molar-refractivity contribution in [2.24, 2.45) is 0 Å². The molecule has 0 fully saturated rings. The second-order valence-corrected chi connectivity index (χ2v) is 3.51. The van der Waals surface area contributed by atoms with Crippen molar-refractivity contribution in [3.8, 4) is 11.5 Å². The number of aromatic carboxylic acids is 1. The predicted octanol–water partition coefficient (Wildman–Crippen LogP) is 2.43. The van der Waals surface area contributed by atoms with Gasteiger partial charge in [0.15, 0.2) is 0 Å². The Bertz CT molecular complexity index is 523. The third-order valence-electron chi connectivity index (χ3n) is 1.77. The average Bonchev–Trinajstić information content (AvgIpc) is 2.86. The molecule has 0 saturated carbocycles. The number of halogens is 2. The van der Waals surface area contributed by atoms with Crippen molar-refractivity contribution in [2.75, 3.05) is 0 Å². The number of thiophene rings is 1. The lowest BCUT2D eigenvalue weighted by Gasteiger charge is -1.96. The van der Waals surface area contributed by atoms with Crippen LogP contribution in [-0.2, 0) is 0 Å². The number of hydrogen-bond acceptors (Lipinski definition) is 5. The van der Waals surface area contributed by atoms with Crippen molar-refractivity contribution >= 4 is 17.3 Å². The topological polar surface area (TPSA) is 76.2 Å². The molecule has 0 saturated heterocycles. The highest BCUT2D eigenvalue weighted by Crippen LogP contribution is 2.33. The van der Waals surface area contributed by atoms with E-state index in [4.69, 9.17) is 5.11 Å². The van der Waals surface area contributed by atoms with E-state index in [9.17, 15) is 13.6 Å². The second kappa shape index (κ2) is 3.97. The minimum absolute atomic E-state index is 0.0694. The van der Waals surface area contributed by atoms with Crippen LogP contribution in [0.1, 0.15) is 22.6 Å². The summed E-state index contributed by atoms with van der Waals surface area (Å²) >= 11 is 1.05. The predicted molar refractivity (Wildman–Crippen MR) is 49.5 cm³/mol. The van der Waals surface area contributed by atoms with E-state index in [0.29, 0.717) is 0 Å². The normalized spacial score (nSPS) is 10.9. The molecular formula is C8H4F2N2O3S. The van der Waals surface area contributed by atoms with Crippen molar-refractivity contribution in [1.29, 1.82) is 0 Å². The Labute approximate surface area is 91.3 Å². The summed E-state index contributed by atoms with van der Waals surface area (Å²) in [5, 5.41) is 14.3. The fourth-order valence-electron chi connectivity index (χ4n) is 1.07. The van der Waals surface area contributed by atoms with Crippen molar-refractivity contribution in [2.45, 2.75) is 6.43 Å². The molecule has 0 unspecified atom stereocenters. The summed E-state index contributed by atoms with van der Waals surface area (Å²) in [6.45, 7) is 0. The first-order valence-electron chi connectivity index (χ1n) is 4.01. The van der Waals surface area contributed by atoms with Crippen LogP contribution in [0.3, 0.4) is 0 Å². The van der Waals surface area contributed by atoms with Crippen LogP contribution in [0.4, 0.5) is 8.78 Å². The van der Waals surface area contributed by atoms with Gasteiger partial charge >= 0.3 is 5.97 Å². The largest absolute Gasteiger partial charge is 0.475 e. The Balaban J connectivity index is 2.42. The van der Waals surface area contributed by atoms with Crippen LogP contribution in [0.2, 0.25) is 0 Å². The van der Waals surface area contributed by atoms with E-state index in [2.05, 4.69) is 14.7 Å². The molecule has 2 heterocycles. The zero-order valence-electron chi connectivity index (χ0n) is 7.55. The van der Waals surface area contributed by atoms with E-state index in [1.807, 2.05) is 0 Å². The maximum Gasteiger partial charge on any atom is 0.377 e. The molecular weight excluding hydrogens is 242 g/mol. The standard InChI is InChI=1S/C8H4F2N2O3S/c9-5(10)3-1-16-2-4(3)7-11-6(8(13)14)12-15-7/h1-2,5H,(H,13,14). The van der Waals surface area contributed by atoms with Crippen molar-refractivity contribution in [1.82, 2.24) is 10.1 Å². The first-order valence-corrected chi connectivity index (χ1v) is 4.95.